The Morgan fingerprint density at radius 2 is 1.79 bits per heavy atom. The van der Waals surface area contributed by atoms with E-state index in [0.717, 1.165) is 0 Å². The van der Waals surface area contributed by atoms with Crippen LogP contribution in [0.5, 0.6) is 0 Å². The van der Waals surface area contributed by atoms with E-state index in [4.69, 9.17) is 10.00 Å². The summed E-state index contributed by atoms with van der Waals surface area (Å²) < 4.78 is 5.24. The van der Waals surface area contributed by atoms with E-state index in [2.05, 4.69) is 5.32 Å². The third kappa shape index (κ3) is 4.16. The molecule has 2 amide bonds. The summed E-state index contributed by atoms with van der Waals surface area (Å²) in [5, 5.41) is 20.8. The maximum Gasteiger partial charge on any atom is 0.337 e. The summed E-state index contributed by atoms with van der Waals surface area (Å²) in [7, 11) is 0. The number of carboxylic acid groups (broad SMARTS) is 1. The second-order valence-electron chi connectivity index (χ2n) is 6.12. The van der Waals surface area contributed by atoms with E-state index in [-0.39, 0.29) is 28.3 Å². The van der Waals surface area contributed by atoms with Gasteiger partial charge in [0.2, 0.25) is 0 Å². The molecule has 0 bridgehead atoms. The molecule has 1 aliphatic heterocycles. The lowest BCUT2D eigenvalue weighted by Crippen LogP contribution is -2.40. The van der Waals surface area contributed by atoms with Crippen LogP contribution in [0.4, 0.5) is 5.69 Å². The van der Waals surface area contributed by atoms with Gasteiger partial charge in [-0.2, -0.15) is 5.26 Å². The van der Waals surface area contributed by atoms with Gasteiger partial charge in [0.1, 0.15) is 0 Å². The molecule has 0 spiro atoms. The number of carbonyl (C=O) groups excluding carboxylic acids is 2. The fourth-order valence-corrected chi connectivity index (χ4v) is 2.84. The zero-order valence-electron chi connectivity index (χ0n) is 14.8. The highest BCUT2D eigenvalue weighted by molar-refractivity contribution is 6.09. The van der Waals surface area contributed by atoms with Crippen LogP contribution in [-0.2, 0) is 4.74 Å². The molecule has 0 atom stereocenters. The first-order valence-corrected chi connectivity index (χ1v) is 8.55. The van der Waals surface area contributed by atoms with E-state index in [1.807, 2.05) is 6.07 Å². The van der Waals surface area contributed by atoms with Gasteiger partial charge in [-0.3, -0.25) is 9.59 Å². The number of benzene rings is 2. The standard InChI is InChI=1S/C20H17N3O5/c21-12-13-4-5-17(16(10-13)20(26)27)22-18(24)14-2-1-3-15(11-14)19(25)23-6-8-28-9-7-23/h1-5,10-11H,6-9H2,(H,22,24)(H,26,27). The van der Waals surface area contributed by atoms with Crippen LogP contribution < -0.4 is 5.32 Å². The van der Waals surface area contributed by atoms with Crippen molar-refractivity contribution >= 4 is 23.5 Å². The number of carbonyl (C=O) groups is 3. The molecule has 0 aliphatic carbocycles. The quantitative estimate of drug-likeness (QED) is 0.838. The normalized spacial score (nSPS) is 13.5. The highest BCUT2D eigenvalue weighted by Gasteiger charge is 2.20. The number of rotatable bonds is 4. The molecule has 1 saturated heterocycles. The zero-order chi connectivity index (χ0) is 20.1. The van der Waals surface area contributed by atoms with Gasteiger partial charge in [-0.15, -0.1) is 0 Å². The minimum Gasteiger partial charge on any atom is -0.478 e. The zero-order valence-corrected chi connectivity index (χ0v) is 14.8. The molecular weight excluding hydrogens is 362 g/mol. The summed E-state index contributed by atoms with van der Waals surface area (Å²) in [4.78, 5) is 38.2. The third-order valence-corrected chi connectivity index (χ3v) is 4.30. The lowest BCUT2D eigenvalue weighted by atomic mass is 10.1. The Morgan fingerprint density at radius 1 is 1.07 bits per heavy atom. The molecule has 8 heteroatoms. The van der Waals surface area contributed by atoms with Crippen LogP contribution in [0.2, 0.25) is 0 Å². The highest BCUT2D eigenvalue weighted by Crippen LogP contribution is 2.19. The Labute approximate surface area is 160 Å². The minimum atomic E-state index is -1.26. The lowest BCUT2D eigenvalue weighted by Gasteiger charge is -2.27. The molecule has 3 rings (SSSR count). The fraction of sp³-hybridized carbons (Fsp3) is 0.200. The van der Waals surface area contributed by atoms with Gasteiger partial charge in [0.25, 0.3) is 11.8 Å². The summed E-state index contributed by atoms with van der Waals surface area (Å²) in [5.41, 5.74) is 0.649. The molecular formula is C20H17N3O5. The maximum atomic E-state index is 12.6. The molecule has 2 aromatic carbocycles. The molecule has 2 aromatic rings. The number of anilines is 1. The average Bonchev–Trinajstić information content (AvgIpc) is 2.74. The van der Waals surface area contributed by atoms with Crippen molar-refractivity contribution in [3.63, 3.8) is 0 Å². The number of nitriles is 1. The van der Waals surface area contributed by atoms with Crippen molar-refractivity contribution < 1.29 is 24.2 Å². The highest BCUT2D eigenvalue weighted by atomic mass is 16.5. The SMILES string of the molecule is N#Cc1ccc(NC(=O)c2cccc(C(=O)N3CCOCC3)c2)c(C(=O)O)c1. The first kappa shape index (κ1) is 19.1. The molecule has 8 nitrogen and oxygen atoms in total. The molecule has 1 fully saturated rings. The van der Waals surface area contributed by atoms with Gasteiger partial charge in [0, 0.05) is 24.2 Å². The number of ether oxygens (including phenoxy) is 1. The number of hydrogen-bond donors (Lipinski definition) is 2. The average molecular weight is 379 g/mol. The Bertz CT molecular complexity index is 974. The summed E-state index contributed by atoms with van der Waals surface area (Å²) >= 11 is 0. The van der Waals surface area contributed by atoms with E-state index < -0.39 is 11.9 Å². The van der Waals surface area contributed by atoms with Gasteiger partial charge in [-0.25, -0.2) is 4.79 Å². The Balaban J connectivity index is 1.81. The van der Waals surface area contributed by atoms with E-state index in [0.29, 0.717) is 31.9 Å². The number of carboxylic acids is 1. The van der Waals surface area contributed by atoms with Gasteiger partial charge in [0.15, 0.2) is 0 Å². The van der Waals surface area contributed by atoms with E-state index in [9.17, 15) is 19.5 Å². The number of morpholine rings is 1. The Hall–Kier alpha value is -3.70. The van der Waals surface area contributed by atoms with Crippen molar-refractivity contribution in [3.05, 3.63) is 64.7 Å². The number of aromatic carboxylic acids is 1. The maximum absolute atomic E-state index is 12.6. The number of nitrogens with one attached hydrogen (secondary N) is 1. The smallest absolute Gasteiger partial charge is 0.337 e. The molecule has 1 heterocycles. The molecule has 1 aliphatic rings. The lowest BCUT2D eigenvalue weighted by molar-refractivity contribution is 0.0303. The van der Waals surface area contributed by atoms with Crippen LogP contribution in [0, 0.1) is 11.3 Å². The molecule has 142 valence electrons. The van der Waals surface area contributed by atoms with Crippen molar-refractivity contribution in [2.45, 2.75) is 0 Å². The Morgan fingerprint density at radius 3 is 2.46 bits per heavy atom. The van der Waals surface area contributed by atoms with Gasteiger partial charge < -0.3 is 20.1 Å². The van der Waals surface area contributed by atoms with Crippen LogP contribution in [0.3, 0.4) is 0 Å². The second-order valence-corrected chi connectivity index (χ2v) is 6.12. The number of hydrogen-bond acceptors (Lipinski definition) is 5. The fourth-order valence-electron chi connectivity index (χ4n) is 2.84. The van der Waals surface area contributed by atoms with Gasteiger partial charge in [0.05, 0.1) is 36.1 Å². The van der Waals surface area contributed by atoms with Crippen LogP contribution in [0.1, 0.15) is 36.6 Å². The molecule has 0 saturated carbocycles. The van der Waals surface area contributed by atoms with E-state index in [1.54, 1.807) is 17.0 Å². The van der Waals surface area contributed by atoms with Gasteiger partial charge in [-0.1, -0.05) is 6.07 Å². The molecule has 28 heavy (non-hydrogen) atoms. The third-order valence-electron chi connectivity index (χ3n) is 4.30. The van der Waals surface area contributed by atoms with Crippen molar-refractivity contribution in [1.29, 1.82) is 5.26 Å². The predicted molar refractivity (Wildman–Crippen MR) is 99.2 cm³/mol. The molecule has 0 radical (unpaired) electrons. The summed E-state index contributed by atoms with van der Waals surface area (Å²) in [6.07, 6.45) is 0. The van der Waals surface area contributed by atoms with Crippen LogP contribution in [-0.4, -0.2) is 54.1 Å². The van der Waals surface area contributed by atoms with Crippen LogP contribution in [0.25, 0.3) is 0 Å². The topological polar surface area (TPSA) is 120 Å². The summed E-state index contributed by atoms with van der Waals surface area (Å²) in [5.74, 6) is -2.00. The van der Waals surface area contributed by atoms with Crippen molar-refractivity contribution in [3.8, 4) is 6.07 Å². The van der Waals surface area contributed by atoms with Crippen molar-refractivity contribution in [2.75, 3.05) is 31.6 Å². The van der Waals surface area contributed by atoms with E-state index in [1.165, 1.54) is 30.3 Å². The van der Waals surface area contributed by atoms with Crippen molar-refractivity contribution in [2.24, 2.45) is 0 Å². The van der Waals surface area contributed by atoms with Gasteiger partial charge >= 0.3 is 5.97 Å². The summed E-state index contributed by atoms with van der Waals surface area (Å²) in [6, 6.07) is 12.1. The first-order valence-electron chi connectivity index (χ1n) is 8.55. The minimum absolute atomic E-state index is 0.0707. The monoisotopic (exact) mass is 379 g/mol. The molecule has 2 N–H and O–H groups in total. The number of amides is 2. The molecule has 0 aromatic heterocycles. The van der Waals surface area contributed by atoms with Crippen LogP contribution >= 0.6 is 0 Å². The van der Waals surface area contributed by atoms with Gasteiger partial charge in [-0.05, 0) is 36.4 Å². The van der Waals surface area contributed by atoms with E-state index >= 15 is 0 Å². The predicted octanol–water partition coefficient (Wildman–Crippen LogP) is 1.98. The van der Waals surface area contributed by atoms with Crippen molar-refractivity contribution in [1.82, 2.24) is 4.90 Å². The number of nitrogens with zero attached hydrogens (tertiary/aromatic N) is 2. The summed E-state index contributed by atoms with van der Waals surface area (Å²) in [6.45, 7) is 1.93. The van der Waals surface area contributed by atoms with Crippen LogP contribution in [0.15, 0.2) is 42.5 Å². The Kier molecular flexibility index (Phi) is 5.67. The largest absolute Gasteiger partial charge is 0.478 e. The molecule has 0 unspecified atom stereocenters. The second kappa shape index (κ2) is 8.33. The first-order chi connectivity index (χ1) is 13.5.